The number of benzene rings is 1. The first kappa shape index (κ1) is 24.7. The van der Waals surface area contributed by atoms with Crippen LogP contribution >= 0.6 is 0 Å². The highest BCUT2D eigenvalue weighted by Crippen LogP contribution is 2.35. The maximum atomic E-state index is 13.3. The van der Waals surface area contributed by atoms with Gasteiger partial charge in [-0.3, -0.25) is 4.79 Å². The van der Waals surface area contributed by atoms with Gasteiger partial charge >= 0.3 is 0 Å². The van der Waals surface area contributed by atoms with Gasteiger partial charge < -0.3 is 15.0 Å². The normalized spacial score (nSPS) is 21.1. The van der Waals surface area contributed by atoms with E-state index in [0.29, 0.717) is 31.0 Å². The fraction of sp³-hybridized carbons (Fsp3) is 0.414. The van der Waals surface area contributed by atoms with Crippen LogP contribution in [0.2, 0.25) is 0 Å². The Bertz CT molecular complexity index is 1190. The summed E-state index contributed by atoms with van der Waals surface area (Å²) in [5, 5.41) is 18.6. The van der Waals surface area contributed by atoms with E-state index in [1.54, 1.807) is 6.08 Å². The summed E-state index contributed by atoms with van der Waals surface area (Å²) in [5.41, 5.74) is 5.78. The van der Waals surface area contributed by atoms with Crippen LogP contribution in [0.4, 0.5) is 0 Å². The molecule has 0 unspecified atom stereocenters. The molecule has 2 fully saturated rings. The van der Waals surface area contributed by atoms with E-state index in [1.807, 2.05) is 48.3 Å². The summed E-state index contributed by atoms with van der Waals surface area (Å²) in [5.74, 6) is 1.61. The minimum atomic E-state index is -0.190. The number of allylic oxidation sites excluding steroid dienone is 4. The van der Waals surface area contributed by atoms with Gasteiger partial charge in [0.2, 0.25) is 0 Å². The number of likely N-dealkylation sites (tertiary alicyclic amines) is 1. The molecule has 6 nitrogen and oxygen atoms in total. The molecule has 0 bridgehead atoms. The highest BCUT2D eigenvalue weighted by molar-refractivity contribution is 5.96. The van der Waals surface area contributed by atoms with Gasteiger partial charge in [-0.05, 0) is 62.8 Å². The molecule has 2 N–H and O–H groups in total. The van der Waals surface area contributed by atoms with Crippen LogP contribution in [0.25, 0.3) is 11.3 Å². The van der Waals surface area contributed by atoms with E-state index >= 15 is 0 Å². The van der Waals surface area contributed by atoms with Gasteiger partial charge in [-0.15, -0.1) is 0 Å². The number of hydrogen-bond acceptors (Lipinski definition) is 4. The molecular weight excluding hydrogens is 436 g/mol. The largest absolute Gasteiger partial charge is 0.393 e. The second-order valence-electron chi connectivity index (χ2n) is 9.69. The van der Waals surface area contributed by atoms with E-state index in [0.717, 1.165) is 59.6 Å². The average molecular weight is 471 g/mol. The molecule has 2 aliphatic rings. The number of aliphatic hydroxyl groups excluding tert-OH is 1. The minimum Gasteiger partial charge on any atom is -0.393 e. The first-order valence-corrected chi connectivity index (χ1v) is 12.4. The fourth-order valence-corrected chi connectivity index (χ4v) is 5.06. The van der Waals surface area contributed by atoms with Crippen molar-refractivity contribution in [2.24, 2.45) is 5.92 Å². The Morgan fingerprint density at radius 2 is 2.03 bits per heavy atom. The summed E-state index contributed by atoms with van der Waals surface area (Å²) in [6, 6.07) is 8.00. The Morgan fingerprint density at radius 1 is 1.29 bits per heavy atom. The predicted octanol–water partition coefficient (Wildman–Crippen LogP) is 5.37. The summed E-state index contributed by atoms with van der Waals surface area (Å²) in [4.78, 5) is 23.5. The number of carbonyl (C=O) groups excluding carboxylic acids is 1. The topological polar surface area (TPSA) is 93.0 Å². The molecule has 4 rings (SSSR count). The summed E-state index contributed by atoms with van der Waals surface area (Å²) in [6.07, 6.45) is 11.2. The van der Waals surface area contributed by atoms with E-state index in [2.05, 4.69) is 24.6 Å². The van der Waals surface area contributed by atoms with Crippen molar-refractivity contribution in [1.82, 2.24) is 14.9 Å². The number of hydrogen-bond donors (Lipinski definition) is 2. The maximum Gasteiger partial charge on any atom is 0.253 e. The van der Waals surface area contributed by atoms with Gasteiger partial charge in [-0.1, -0.05) is 36.9 Å². The second-order valence-corrected chi connectivity index (χ2v) is 9.69. The number of aryl methyl sites for hydroxylation is 2. The number of carbonyl (C=O) groups is 1. The third-order valence-corrected chi connectivity index (χ3v) is 7.21. The van der Waals surface area contributed by atoms with Crippen molar-refractivity contribution in [2.45, 2.75) is 58.0 Å². The molecule has 35 heavy (non-hydrogen) atoms. The van der Waals surface area contributed by atoms with Crippen molar-refractivity contribution >= 4 is 5.91 Å². The molecule has 1 aliphatic carbocycles. The monoisotopic (exact) mass is 470 g/mol. The van der Waals surface area contributed by atoms with Gasteiger partial charge in [-0.25, -0.2) is 4.98 Å². The molecule has 0 spiro atoms. The van der Waals surface area contributed by atoms with Crippen LogP contribution in [0.15, 0.2) is 54.7 Å². The van der Waals surface area contributed by atoms with Gasteiger partial charge in [0.25, 0.3) is 5.91 Å². The lowest BCUT2D eigenvalue weighted by Crippen LogP contribution is -2.50. The van der Waals surface area contributed by atoms with Crippen LogP contribution in [0.1, 0.15) is 65.5 Å². The Morgan fingerprint density at radius 3 is 2.71 bits per heavy atom. The highest BCUT2D eigenvalue weighted by atomic mass is 16.3. The van der Waals surface area contributed by atoms with Crippen LogP contribution < -0.4 is 0 Å². The van der Waals surface area contributed by atoms with Crippen molar-refractivity contribution in [1.29, 1.82) is 5.26 Å². The Kier molecular flexibility index (Phi) is 7.67. The summed E-state index contributed by atoms with van der Waals surface area (Å²) in [6.45, 7) is 9.15. The number of imidazole rings is 1. The lowest BCUT2D eigenvalue weighted by Gasteiger charge is -2.40. The molecule has 2 heterocycles. The van der Waals surface area contributed by atoms with E-state index < -0.39 is 0 Å². The zero-order valence-electron chi connectivity index (χ0n) is 20.6. The molecule has 182 valence electrons. The SMILES string of the molecule is C=C/C=C(\C=C/CC#N)C1CN(C(=O)c2ccc(C)c(-c3[nH]c(C4CCC(O)CC4)nc3C)c2)C1. The molecule has 1 saturated heterocycles. The van der Waals surface area contributed by atoms with Crippen LogP contribution in [-0.2, 0) is 0 Å². The van der Waals surface area contributed by atoms with Crippen molar-refractivity contribution < 1.29 is 9.90 Å². The zero-order valence-corrected chi connectivity index (χ0v) is 20.6. The molecule has 0 atom stereocenters. The van der Waals surface area contributed by atoms with Gasteiger partial charge in [0.05, 0.1) is 30.0 Å². The summed E-state index contributed by atoms with van der Waals surface area (Å²) < 4.78 is 0. The smallest absolute Gasteiger partial charge is 0.253 e. The number of nitrogens with one attached hydrogen (secondary N) is 1. The number of rotatable bonds is 7. The molecule has 2 aromatic rings. The van der Waals surface area contributed by atoms with Crippen LogP contribution in [-0.4, -0.2) is 45.1 Å². The summed E-state index contributed by atoms with van der Waals surface area (Å²) >= 11 is 0. The van der Waals surface area contributed by atoms with Gasteiger partial charge in [0, 0.05) is 36.1 Å². The number of amides is 1. The standard InChI is InChI=1S/C29H34N4O2/c1-4-7-21(8-5-6-15-30)24-17-33(18-24)29(35)23-10-9-19(2)26(16-23)27-20(3)31-28(32-27)22-11-13-25(34)14-12-22/h4-5,7-10,16,22,24-25,34H,1,6,11-14,17-18H2,2-3H3,(H,31,32)/b8-5-,21-7+. The fourth-order valence-electron chi connectivity index (χ4n) is 5.06. The second kappa shape index (κ2) is 10.9. The molecule has 6 heteroatoms. The quantitative estimate of drug-likeness (QED) is 0.532. The van der Waals surface area contributed by atoms with E-state index in [-0.39, 0.29) is 17.9 Å². The summed E-state index contributed by atoms with van der Waals surface area (Å²) in [7, 11) is 0. The molecule has 1 aliphatic heterocycles. The molecule has 0 radical (unpaired) electrons. The van der Waals surface area contributed by atoms with Crippen LogP contribution in [0.5, 0.6) is 0 Å². The Hall–Kier alpha value is -3.43. The van der Waals surface area contributed by atoms with Crippen molar-refractivity contribution in [3.05, 3.63) is 77.3 Å². The molecule has 1 amide bonds. The minimum absolute atomic E-state index is 0.0279. The molecule has 1 aromatic carbocycles. The van der Waals surface area contributed by atoms with Crippen molar-refractivity contribution in [3.63, 3.8) is 0 Å². The number of H-pyrrole nitrogens is 1. The lowest BCUT2D eigenvalue weighted by molar-refractivity contribution is 0.0558. The Labute approximate surface area is 207 Å². The highest BCUT2D eigenvalue weighted by Gasteiger charge is 2.33. The number of aromatic nitrogens is 2. The third-order valence-electron chi connectivity index (χ3n) is 7.21. The molecular formula is C29H34N4O2. The van der Waals surface area contributed by atoms with E-state index in [1.165, 1.54) is 0 Å². The molecule has 1 saturated carbocycles. The van der Waals surface area contributed by atoms with E-state index in [9.17, 15) is 9.90 Å². The Balaban J connectivity index is 1.49. The van der Waals surface area contributed by atoms with Gasteiger partial charge in [-0.2, -0.15) is 5.26 Å². The van der Waals surface area contributed by atoms with Crippen LogP contribution in [0, 0.1) is 31.1 Å². The van der Waals surface area contributed by atoms with Crippen molar-refractivity contribution in [2.75, 3.05) is 13.1 Å². The van der Waals surface area contributed by atoms with Crippen LogP contribution in [0.3, 0.4) is 0 Å². The first-order valence-electron chi connectivity index (χ1n) is 12.4. The first-order chi connectivity index (χ1) is 16.9. The number of aromatic amines is 1. The van der Waals surface area contributed by atoms with Gasteiger partial charge in [0.1, 0.15) is 5.82 Å². The number of aliphatic hydroxyl groups is 1. The number of nitriles is 1. The van der Waals surface area contributed by atoms with Gasteiger partial charge in [0.15, 0.2) is 0 Å². The van der Waals surface area contributed by atoms with E-state index in [4.69, 9.17) is 10.2 Å². The average Bonchev–Trinajstić information content (AvgIpc) is 3.20. The lowest BCUT2D eigenvalue weighted by atomic mass is 9.87. The predicted molar refractivity (Wildman–Crippen MR) is 138 cm³/mol. The maximum absolute atomic E-state index is 13.3. The number of nitrogens with zero attached hydrogens (tertiary/aromatic N) is 3. The molecule has 1 aromatic heterocycles. The van der Waals surface area contributed by atoms with Crippen molar-refractivity contribution in [3.8, 4) is 17.3 Å². The zero-order chi connectivity index (χ0) is 24.9. The third kappa shape index (κ3) is 5.47.